The molecule has 0 radical (unpaired) electrons. The minimum absolute atomic E-state index is 0.643. The highest BCUT2D eigenvalue weighted by Gasteiger charge is 2.13. The second-order valence-corrected chi connectivity index (χ2v) is 4.16. The van der Waals surface area contributed by atoms with Gasteiger partial charge in [-0.05, 0) is 32.5 Å². The summed E-state index contributed by atoms with van der Waals surface area (Å²) in [5, 5.41) is 3.59. The van der Waals surface area contributed by atoms with Gasteiger partial charge in [0.2, 0.25) is 0 Å². The third kappa shape index (κ3) is 6.05. The van der Waals surface area contributed by atoms with Crippen LogP contribution in [0.3, 0.4) is 0 Å². The first-order valence-electron chi connectivity index (χ1n) is 5.53. The molecule has 0 amide bonds. The molecule has 1 N–H and O–H groups in total. The van der Waals surface area contributed by atoms with Crippen LogP contribution in [0.5, 0.6) is 0 Å². The molecule has 0 aliphatic carbocycles. The molecule has 0 aromatic carbocycles. The van der Waals surface area contributed by atoms with Crippen molar-refractivity contribution in [2.45, 2.75) is 40.2 Å². The standard InChI is InChI=1S/C11H26N2/c1-6-8-12-11(10(3)4)9-13(5)7-2/h10-12H,6-9H2,1-5H3. The topological polar surface area (TPSA) is 15.3 Å². The highest BCUT2D eigenvalue weighted by molar-refractivity contribution is 4.73. The molecular formula is C11H26N2. The average molecular weight is 186 g/mol. The number of hydrogen-bond acceptors (Lipinski definition) is 2. The summed E-state index contributed by atoms with van der Waals surface area (Å²) in [6.07, 6.45) is 1.22. The van der Waals surface area contributed by atoms with Gasteiger partial charge in [-0.15, -0.1) is 0 Å². The normalized spacial score (nSPS) is 14.1. The zero-order valence-electron chi connectivity index (χ0n) is 9.93. The van der Waals surface area contributed by atoms with E-state index in [0.717, 1.165) is 25.6 Å². The third-order valence-electron chi connectivity index (χ3n) is 2.51. The minimum Gasteiger partial charge on any atom is -0.312 e. The van der Waals surface area contributed by atoms with Crippen LogP contribution >= 0.6 is 0 Å². The van der Waals surface area contributed by atoms with Crippen LogP contribution in [0.4, 0.5) is 0 Å². The summed E-state index contributed by atoms with van der Waals surface area (Å²) in [6, 6.07) is 0.643. The highest BCUT2D eigenvalue weighted by atomic mass is 15.1. The molecule has 0 aromatic rings. The Labute approximate surface area is 83.7 Å². The number of nitrogens with zero attached hydrogens (tertiary/aromatic N) is 1. The average Bonchev–Trinajstić information content (AvgIpc) is 2.11. The summed E-state index contributed by atoms with van der Waals surface area (Å²) in [5.41, 5.74) is 0. The van der Waals surface area contributed by atoms with Crippen molar-refractivity contribution in [3.8, 4) is 0 Å². The Morgan fingerprint density at radius 1 is 1.23 bits per heavy atom. The maximum absolute atomic E-state index is 3.59. The number of likely N-dealkylation sites (N-methyl/N-ethyl adjacent to an activating group) is 1. The molecule has 0 spiro atoms. The van der Waals surface area contributed by atoms with E-state index in [-0.39, 0.29) is 0 Å². The van der Waals surface area contributed by atoms with Gasteiger partial charge >= 0.3 is 0 Å². The first kappa shape index (κ1) is 12.9. The number of nitrogens with one attached hydrogen (secondary N) is 1. The summed E-state index contributed by atoms with van der Waals surface area (Å²) in [7, 11) is 2.18. The van der Waals surface area contributed by atoms with Crippen LogP contribution in [-0.2, 0) is 0 Å². The van der Waals surface area contributed by atoms with Gasteiger partial charge in [-0.1, -0.05) is 27.7 Å². The Morgan fingerprint density at radius 3 is 2.23 bits per heavy atom. The summed E-state index contributed by atoms with van der Waals surface area (Å²) in [5.74, 6) is 0.723. The van der Waals surface area contributed by atoms with E-state index in [1.54, 1.807) is 0 Å². The van der Waals surface area contributed by atoms with Gasteiger partial charge < -0.3 is 10.2 Å². The van der Waals surface area contributed by atoms with Crippen LogP contribution in [0.1, 0.15) is 34.1 Å². The molecule has 1 unspecified atom stereocenters. The molecule has 13 heavy (non-hydrogen) atoms. The van der Waals surface area contributed by atoms with Gasteiger partial charge in [0.15, 0.2) is 0 Å². The molecule has 2 nitrogen and oxygen atoms in total. The maximum atomic E-state index is 3.59. The van der Waals surface area contributed by atoms with Crippen molar-refractivity contribution in [3.63, 3.8) is 0 Å². The SMILES string of the molecule is CCCNC(CN(C)CC)C(C)C. The van der Waals surface area contributed by atoms with Crippen LogP contribution in [-0.4, -0.2) is 37.6 Å². The third-order valence-corrected chi connectivity index (χ3v) is 2.51. The summed E-state index contributed by atoms with van der Waals surface area (Å²) in [6.45, 7) is 12.4. The van der Waals surface area contributed by atoms with Gasteiger partial charge in [0.25, 0.3) is 0 Å². The van der Waals surface area contributed by atoms with Crippen molar-refractivity contribution in [2.24, 2.45) is 5.92 Å². The molecule has 0 aromatic heterocycles. The lowest BCUT2D eigenvalue weighted by Gasteiger charge is -2.27. The molecule has 0 saturated heterocycles. The first-order valence-corrected chi connectivity index (χ1v) is 5.53. The van der Waals surface area contributed by atoms with Gasteiger partial charge in [0, 0.05) is 12.6 Å². The van der Waals surface area contributed by atoms with Crippen LogP contribution in [0, 0.1) is 5.92 Å². The Kier molecular flexibility index (Phi) is 7.29. The largest absolute Gasteiger partial charge is 0.312 e. The number of hydrogen-bond donors (Lipinski definition) is 1. The summed E-state index contributed by atoms with van der Waals surface area (Å²) in [4.78, 5) is 2.37. The van der Waals surface area contributed by atoms with E-state index >= 15 is 0 Å². The maximum Gasteiger partial charge on any atom is 0.0217 e. The van der Waals surface area contributed by atoms with Crippen molar-refractivity contribution >= 4 is 0 Å². The van der Waals surface area contributed by atoms with E-state index in [2.05, 4.69) is 45.0 Å². The van der Waals surface area contributed by atoms with Crippen molar-refractivity contribution in [1.29, 1.82) is 0 Å². The van der Waals surface area contributed by atoms with E-state index in [4.69, 9.17) is 0 Å². The Bertz CT molecular complexity index is 113. The molecule has 80 valence electrons. The van der Waals surface area contributed by atoms with E-state index in [0.29, 0.717) is 6.04 Å². The molecule has 0 aliphatic rings. The predicted molar refractivity (Wildman–Crippen MR) is 60.1 cm³/mol. The Morgan fingerprint density at radius 2 is 1.85 bits per heavy atom. The molecule has 0 aliphatic heterocycles. The van der Waals surface area contributed by atoms with Crippen LogP contribution in [0.25, 0.3) is 0 Å². The Hall–Kier alpha value is -0.0800. The zero-order chi connectivity index (χ0) is 10.3. The van der Waals surface area contributed by atoms with Crippen molar-refractivity contribution in [1.82, 2.24) is 10.2 Å². The zero-order valence-corrected chi connectivity index (χ0v) is 9.93. The lowest BCUT2D eigenvalue weighted by molar-refractivity contribution is 0.264. The first-order chi connectivity index (χ1) is 6.11. The van der Waals surface area contributed by atoms with E-state index < -0.39 is 0 Å². The molecule has 0 rings (SSSR count). The lowest BCUT2D eigenvalue weighted by Crippen LogP contribution is -2.43. The van der Waals surface area contributed by atoms with Gasteiger partial charge in [-0.3, -0.25) is 0 Å². The van der Waals surface area contributed by atoms with Gasteiger partial charge in [-0.25, -0.2) is 0 Å². The van der Waals surface area contributed by atoms with Crippen LogP contribution in [0.2, 0.25) is 0 Å². The molecular weight excluding hydrogens is 160 g/mol. The molecule has 0 bridgehead atoms. The monoisotopic (exact) mass is 186 g/mol. The van der Waals surface area contributed by atoms with E-state index in [1.165, 1.54) is 6.42 Å². The fourth-order valence-corrected chi connectivity index (χ4v) is 1.31. The van der Waals surface area contributed by atoms with Gasteiger partial charge in [0.1, 0.15) is 0 Å². The quantitative estimate of drug-likeness (QED) is 0.654. The minimum atomic E-state index is 0.643. The lowest BCUT2D eigenvalue weighted by atomic mass is 10.0. The predicted octanol–water partition coefficient (Wildman–Crippen LogP) is 1.96. The fourth-order valence-electron chi connectivity index (χ4n) is 1.31. The van der Waals surface area contributed by atoms with Crippen molar-refractivity contribution in [2.75, 3.05) is 26.7 Å². The second-order valence-electron chi connectivity index (χ2n) is 4.16. The molecule has 1 atom stereocenters. The summed E-state index contributed by atoms with van der Waals surface area (Å²) < 4.78 is 0. The van der Waals surface area contributed by atoms with Gasteiger partial charge in [-0.2, -0.15) is 0 Å². The van der Waals surface area contributed by atoms with E-state index in [1.807, 2.05) is 0 Å². The molecule has 0 fully saturated rings. The second kappa shape index (κ2) is 7.34. The van der Waals surface area contributed by atoms with Gasteiger partial charge in [0.05, 0.1) is 0 Å². The Balaban J connectivity index is 3.79. The van der Waals surface area contributed by atoms with Crippen LogP contribution in [0.15, 0.2) is 0 Å². The highest BCUT2D eigenvalue weighted by Crippen LogP contribution is 2.03. The smallest absolute Gasteiger partial charge is 0.0217 e. The molecule has 2 heteroatoms. The number of rotatable bonds is 7. The van der Waals surface area contributed by atoms with Crippen molar-refractivity contribution in [3.05, 3.63) is 0 Å². The summed E-state index contributed by atoms with van der Waals surface area (Å²) >= 11 is 0. The molecule has 0 heterocycles. The molecule has 0 saturated carbocycles. The fraction of sp³-hybridized carbons (Fsp3) is 1.00. The van der Waals surface area contributed by atoms with Crippen molar-refractivity contribution < 1.29 is 0 Å². The van der Waals surface area contributed by atoms with Crippen LogP contribution < -0.4 is 5.32 Å². The van der Waals surface area contributed by atoms with E-state index in [9.17, 15) is 0 Å².